The van der Waals surface area contributed by atoms with Gasteiger partial charge in [0.1, 0.15) is 0 Å². The van der Waals surface area contributed by atoms with Crippen LogP contribution in [0.2, 0.25) is 0 Å². The average Bonchev–Trinajstić information content (AvgIpc) is 2.35. The largest absolute Gasteiger partial charge is 0.299 e. The summed E-state index contributed by atoms with van der Waals surface area (Å²) in [4.78, 5) is 2.33. The van der Waals surface area contributed by atoms with Crippen LogP contribution in [0.5, 0.6) is 0 Å². The van der Waals surface area contributed by atoms with E-state index in [1.54, 1.807) is 0 Å². The van der Waals surface area contributed by atoms with Gasteiger partial charge in [0.25, 0.3) is 11.0 Å². The summed E-state index contributed by atoms with van der Waals surface area (Å²) in [6.07, 6.45) is 1.78. The number of rotatable bonds is 5. The number of thiol groups is 1. The topological polar surface area (TPSA) is 46.6 Å². The van der Waals surface area contributed by atoms with Crippen molar-refractivity contribution in [1.82, 2.24) is 4.90 Å². The maximum absolute atomic E-state index is 10.2. The van der Waals surface area contributed by atoms with E-state index >= 15 is 0 Å². The highest BCUT2D eigenvalue weighted by atomic mass is 79.9. The summed E-state index contributed by atoms with van der Waals surface area (Å²) >= 11 is 3.58. The predicted molar refractivity (Wildman–Crippen MR) is 74.0 cm³/mol. The van der Waals surface area contributed by atoms with Gasteiger partial charge in [0.05, 0.1) is 6.61 Å². The molecule has 18 heavy (non-hydrogen) atoms. The summed E-state index contributed by atoms with van der Waals surface area (Å²) in [6.45, 7) is 3.09. The second-order valence-electron chi connectivity index (χ2n) is 4.31. The number of benzene rings is 1. The molecule has 0 atom stereocenters. The third kappa shape index (κ3) is 3.78. The van der Waals surface area contributed by atoms with E-state index in [4.69, 9.17) is 0 Å². The molecule has 0 spiro atoms. The molecule has 6 heteroatoms. The van der Waals surface area contributed by atoms with Crippen LogP contribution < -0.4 is 0 Å². The number of fused-ring (bicyclic) bond motifs is 1. The molecule has 0 bridgehead atoms. The Kier molecular flexibility index (Phi) is 5.17. The first-order valence-corrected chi connectivity index (χ1v) is 7.81. The lowest BCUT2D eigenvalue weighted by Gasteiger charge is -2.29. The Hall–Kier alpha value is -0.430. The van der Waals surface area contributed by atoms with E-state index in [1.165, 1.54) is 15.6 Å². The normalized spacial score (nSPS) is 15.9. The molecule has 0 fully saturated rings. The molecule has 4 nitrogen and oxygen atoms in total. The van der Waals surface area contributed by atoms with E-state index in [0.29, 0.717) is 0 Å². The Morgan fingerprint density at radius 1 is 1.39 bits per heavy atom. The van der Waals surface area contributed by atoms with E-state index in [2.05, 4.69) is 43.2 Å². The van der Waals surface area contributed by atoms with Crippen LogP contribution >= 0.6 is 15.9 Å². The first-order chi connectivity index (χ1) is 8.66. The number of halogens is 1. The average molecular weight is 334 g/mol. The molecule has 1 aromatic rings. The molecular weight excluding hydrogens is 318 g/mol. The van der Waals surface area contributed by atoms with Crippen LogP contribution in [0, 0.1) is 0 Å². The van der Waals surface area contributed by atoms with E-state index < -0.39 is 11.0 Å². The Morgan fingerprint density at radius 3 is 3.00 bits per heavy atom. The van der Waals surface area contributed by atoms with Crippen LogP contribution in [0.3, 0.4) is 0 Å². The molecule has 1 aliphatic heterocycles. The van der Waals surface area contributed by atoms with Crippen molar-refractivity contribution >= 4 is 26.9 Å². The number of nitrogens with zero attached hydrogens (tertiary/aromatic N) is 1. The summed E-state index contributed by atoms with van der Waals surface area (Å²) in [5.41, 5.74) is 2.75. The summed E-state index contributed by atoms with van der Waals surface area (Å²) in [6, 6.07) is 6.28. The summed E-state index contributed by atoms with van der Waals surface area (Å²) in [5.74, 6) is 0. The molecule has 0 amide bonds. The minimum Gasteiger partial charge on any atom is -0.299 e. The smallest absolute Gasteiger partial charge is 0.257 e. The van der Waals surface area contributed by atoms with Crippen molar-refractivity contribution in [2.45, 2.75) is 19.4 Å². The summed E-state index contributed by atoms with van der Waals surface area (Å²) < 4.78 is 26.2. The molecule has 1 heterocycles. The van der Waals surface area contributed by atoms with E-state index in [-0.39, 0.29) is 6.61 Å². The molecule has 0 unspecified atom stereocenters. The minimum atomic E-state index is -2.70. The molecule has 0 aliphatic carbocycles. The Bertz CT molecular complexity index is 482. The molecule has 2 rings (SSSR count). The second kappa shape index (κ2) is 6.65. The molecule has 0 aromatic heterocycles. The second-order valence-corrected chi connectivity index (χ2v) is 5.87. The molecule has 0 radical (unpaired) electrons. The van der Waals surface area contributed by atoms with Gasteiger partial charge in [-0.2, -0.15) is 0 Å². The predicted octanol–water partition coefficient (Wildman–Crippen LogP) is 1.74. The fourth-order valence-electron chi connectivity index (χ4n) is 2.24. The maximum Gasteiger partial charge on any atom is 0.257 e. The standard InChI is InChI=1S/C12H16BrNO3S/c13-12-4-1-3-10-9-14(7-5-11(10)12)6-2-8-17-18(15)16/h1,3-4,18H,2,5-9H2. The van der Waals surface area contributed by atoms with Crippen molar-refractivity contribution in [2.75, 3.05) is 19.7 Å². The van der Waals surface area contributed by atoms with Crippen molar-refractivity contribution in [1.29, 1.82) is 0 Å². The highest BCUT2D eigenvalue weighted by Crippen LogP contribution is 2.26. The minimum absolute atomic E-state index is 0.278. The summed E-state index contributed by atoms with van der Waals surface area (Å²) in [5, 5.41) is 0. The zero-order chi connectivity index (χ0) is 13.0. The lowest BCUT2D eigenvalue weighted by molar-refractivity contribution is 0.225. The molecule has 0 N–H and O–H groups in total. The first-order valence-electron chi connectivity index (χ1n) is 5.93. The Labute approximate surface area is 117 Å². The van der Waals surface area contributed by atoms with Crippen LogP contribution in [0.25, 0.3) is 0 Å². The Morgan fingerprint density at radius 2 is 2.22 bits per heavy atom. The first kappa shape index (κ1) is 14.0. The quantitative estimate of drug-likeness (QED) is 0.658. The molecule has 1 aliphatic rings. The molecular formula is C12H16BrNO3S. The fraction of sp³-hybridized carbons (Fsp3) is 0.500. The Balaban J connectivity index is 1.84. The van der Waals surface area contributed by atoms with E-state index in [0.717, 1.165) is 32.5 Å². The fourth-order valence-corrected chi connectivity index (χ4v) is 3.12. The zero-order valence-electron chi connectivity index (χ0n) is 9.97. The van der Waals surface area contributed by atoms with Crippen LogP contribution in [0.1, 0.15) is 17.5 Å². The SMILES string of the molecule is O=[SH](=O)OCCCN1CCc2c(Br)cccc2C1. The monoisotopic (exact) mass is 333 g/mol. The lowest BCUT2D eigenvalue weighted by Crippen LogP contribution is -2.32. The molecule has 1 aromatic carbocycles. The third-order valence-corrected chi connectivity index (χ3v) is 4.24. The van der Waals surface area contributed by atoms with Gasteiger partial charge in [-0.15, -0.1) is 0 Å². The van der Waals surface area contributed by atoms with Crippen LogP contribution in [-0.4, -0.2) is 33.0 Å². The lowest BCUT2D eigenvalue weighted by atomic mass is 10.00. The maximum atomic E-state index is 10.2. The van der Waals surface area contributed by atoms with Crippen molar-refractivity contribution in [3.63, 3.8) is 0 Å². The van der Waals surface area contributed by atoms with Gasteiger partial charge in [0.2, 0.25) is 0 Å². The van der Waals surface area contributed by atoms with Gasteiger partial charge in [-0.1, -0.05) is 28.1 Å². The zero-order valence-corrected chi connectivity index (χ0v) is 12.5. The van der Waals surface area contributed by atoms with Crippen LogP contribution in [0.4, 0.5) is 0 Å². The van der Waals surface area contributed by atoms with Gasteiger partial charge in [0.15, 0.2) is 0 Å². The van der Waals surface area contributed by atoms with Gasteiger partial charge < -0.3 is 0 Å². The van der Waals surface area contributed by atoms with Crippen molar-refractivity contribution in [3.8, 4) is 0 Å². The highest BCUT2D eigenvalue weighted by Gasteiger charge is 2.17. The van der Waals surface area contributed by atoms with Crippen molar-refractivity contribution in [3.05, 3.63) is 33.8 Å². The van der Waals surface area contributed by atoms with Gasteiger partial charge >= 0.3 is 0 Å². The van der Waals surface area contributed by atoms with Gasteiger partial charge in [-0.25, -0.2) is 8.42 Å². The highest BCUT2D eigenvalue weighted by molar-refractivity contribution is 9.10. The van der Waals surface area contributed by atoms with Crippen molar-refractivity contribution in [2.24, 2.45) is 0 Å². The third-order valence-electron chi connectivity index (χ3n) is 3.10. The van der Waals surface area contributed by atoms with Gasteiger partial charge in [-0.3, -0.25) is 9.08 Å². The van der Waals surface area contributed by atoms with Gasteiger partial charge in [0, 0.05) is 24.1 Å². The number of hydrogen-bond acceptors (Lipinski definition) is 4. The summed E-state index contributed by atoms with van der Waals surface area (Å²) in [7, 11) is -2.70. The molecule has 100 valence electrons. The van der Waals surface area contributed by atoms with E-state index in [9.17, 15) is 8.42 Å². The van der Waals surface area contributed by atoms with Crippen LogP contribution in [0.15, 0.2) is 22.7 Å². The van der Waals surface area contributed by atoms with Crippen molar-refractivity contribution < 1.29 is 12.6 Å². The molecule has 0 saturated heterocycles. The molecule has 0 saturated carbocycles. The van der Waals surface area contributed by atoms with Gasteiger partial charge in [-0.05, 0) is 30.0 Å². The van der Waals surface area contributed by atoms with Crippen LogP contribution in [-0.2, 0) is 28.1 Å². The van der Waals surface area contributed by atoms with E-state index in [1.807, 2.05) is 0 Å². The number of hydrogen-bond donors (Lipinski definition) is 1.